The second kappa shape index (κ2) is 5.21. The molecule has 0 bridgehead atoms. The van der Waals surface area contributed by atoms with Crippen LogP contribution < -0.4 is 0 Å². The van der Waals surface area contributed by atoms with Crippen molar-refractivity contribution in [2.45, 2.75) is 11.4 Å². The standard InChI is InChI=1S/C18H14N2O2S/c21-23(22)12-11-16-18(23)17(15-9-5-2-6-10-15)19-20(16)13-14-7-3-1-4-8-14/h1-12H,13H2. The van der Waals surface area contributed by atoms with E-state index in [1.165, 1.54) is 5.41 Å². The highest BCUT2D eigenvalue weighted by atomic mass is 32.2. The van der Waals surface area contributed by atoms with Crippen LogP contribution in [0.4, 0.5) is 0 Å². The molecule has 3 aromatic rings. The zero-order valence-corrected chi connectivity index (χ0v) is 13.1. The van der Waals surface area contributed by atoms with Gasteiger partial charge in [0.1, 0.15) is 10.6 Å². The van der Waals surface area contributed by atoms with Gasteiger partial charge < -0.3 is 0 Å². The molecule has 5 heteroatoms. The molecule has 1 aliphatic rings. The topological polar surface area (TPSA) is 52.0 Å². The van der Waals surface area contributed by atoms with Gasteiger partial charge in [0.2, 0.25) is 9.84 Å². The van der Waals surface area contributed by atoms with Crippen LogP contribution in [0.15, 0.2) is 71.0 Å². The number of sulfone groups is 1. The molecule has 0 saturated carbocycles. The average molecular weight is 322 g/mol. The van der Waals surface area contributed by atoms with Gasteiger partial charge in [0.15, 0.2) is 0 Å². The van der Waals surface area contributed by atoms with Crippen LogP contribution in [0, 0.1) is 0 Å². The molecule has 0 fully saturated rings. The van der Waals surface area contributed by atoms with Gasteiger partial charge in [0, 0.05) is 11.0 Å². The minimum atomic E-state index is -3.42. The van der Waals surface area contributed by atoms with E-state index in [-0.39, 0.29) is 0 Å². The number of hydrogen-bond acceptors (Lipinski definition) is 3. The van der Waals surface area contributed by atoms with Crippen LogP contribution in [-0.4, -0.2) is 18.2 Å². The second-order valence-electron chi connectivity index (χ2n) is 5.42. The summed E-state index contributed by atoms with van der Waals surface area (Å²) in [5.41, 5.74) is 3.05. The Kier molecular flexibility index (Phi) is 3.16. The highest BCUT2D eigenvalue weighted by Gasteiger charge is 2.31. The van der Waals surface area contributed by atoms with Gasteiger partial charge in [-0.15, -0.1) is 0 Å². The zero-order chi connectivity index (χ0) is 15.9. The van der Waals surface area contributed by atoms with Crippen molar-refractivity contribution in [2.24, 2.45) is 0 Å². The molecule has 4 nitrogen and oxygen atoms in total. The summed E-state index contributed by atoms with van der Waals surface area (Å²) in [7, 11) is -3.42. The first kappa shape index (κ1) is 14.0. The van der Waals surface area contributed by atoms with Crippen LogP contribution in [0.3, 0.4) is 0 Å². The SMILES string of the molecule is O=S1(=O)C=Cc2c1c(-c1ccccc1)nn2Cc1ccccc1. The number of nitrogens with zero attached hydrogens (tertiary/aromatic N) is 2. The lowest BCUT2D eigenvalue weighted by Gasteiger charge is -2.03. The molecule has 2 aromatic carbocycles. The Hall–Kier alpha value is -2.66. The maximum atomic E-state index is 12.4. The Morgan fingerprint density at radius 3 is 2.26 bits per heavy atom. The number of aromatic nitrogens is 2. The second-order valence-corrected chi connectivity index (χ2v) is 7.19. The Balaban J connectivity index is 1.88. The summed E-state index contributed by atoms with van der Waals surface area (Å²) in [6.07, 6.45) is 1.63. The molecule has 0 radical (unpaired) electrons. The van der Waals surface area contributed by atoms with Crippen molar-refractivity contribution in [2.75, 3.05) is 0 Å². The molecular formula is C18H14N2O2S. The fraction of sp³-hybridized carbons (Fsp3) is 0.0556. The molecule has 0 saturated heterocycles. The summed E-state index contributed by atoms with van der Waals surface area (Å²) in [6, 6.07) is 19.3. The van der Waals surface area contributed by atoms with E-state index in [1.807, 2.05) is 60.7 Å². The van der Waals surface area contributed by atoms with Gasteiger partial charge in [-0.3, -0.25) is 4.68 Å². The van der Waals surface area contributed by atoms with Gasteiger partial charge in [0.25, 0.3) is 0 Å². The van der Waals surface area contributed by atoms with Gasteiger partial charge >= 0.3 is 0 Å². The van der Waals surface area contributed by atoms with Crippen molar-refractivity contribution in [1.82, 2.24) is 9.78 Å². The maximum absolute atomic E-state index is 12.4. The molecule has 1 aromatic heterocycles. The minimum Gasteiger partial charge on any atom is -0.259 e. The molecule has 0 spiro atoms. The molecule has 0 aliphatic carbocycles. The number of benzene rings is 2. The first-order valence-electron chi connectivity index (χ1n) is 7.28. The van der Waals surface area contributed by atoms with E-state index < -0.39 is 9.84 Å². The average Bonchev–Trinajstić information content (AvgIpc) is 3.09. The van der Waals surface area contributed by atoms with Crippen LogP contribution in [-0.2, 0) is 16.4 Å². The lowest BCUT2D eigenvalue weighted by Crippen LogP contribution is -2.03. The molecule has 4 rings (SSSR count). The van der Waals surface area contributed by atoms with Crippen molar-refractivity contribution in [1.29, 1.82) is 0 Å². The summed E-state index contributed by atoms with van der Waals surface area (Å²) in [4.78, 5) is 0.305. The van der Waals surface area contributed by atoms with Crippen LogP contribution in [0.5, 0.6) is 0 Å². The fourth-order valence-corrected chi connectivity index (χ4v) is 4.12. The molecule has 0 unspecified atom stereocenters. The van der Waals surface area contributed by atoms with Gasteiger partial charge in [-0.1, -0.05) is 60.7 Å². The lowest BCUT2D eigenvalue weighted by molar-refractivity contribution is 0.605. The molecule has 0 atom stereocenters. The van der Waals surface area contributed by atoms with Crippen LogP contribution >= 0.6 is 0 Å². The quantitative estimate of drug-likeness (QED) is 0.743. The van der Waals surface area contributed by atoms with E-state index in [0.29, 0.717) is 22.8 Å². The Labute approximate surface area is 134 Å². The first-order chi connectivity index (χ1) is 11.1. The van der Waals surface area contributed by atoms with Gasteiger partial charge in [-0.25, -0.2) is 8.42 Å². The Morgan fingerprint density at radius 2 is 1.57 bits per heavy atom. The first-order valence-corrected chi connectivity index (χ1v) is 8.83. The summed E-state index contributed by atoms with van der Waals surface area (Å²) in [5, 5.41) is 5.84. The summed E-state index contributed by atoms with van der Waals surface area (Å²) in [5.74, 6) is 0. The summed E-state index contributed by atoms with van der Waals surface area (Å²) < 4.78 is 26.5. The third-order valence-electron chi connectivity index (χ3n) is 3.86. The van der Waals surface area contributed by atoms with Crippen molar-refractivity contribution in [3.8, 4) is 11.3 Å². The van der Waals surface area contributed by atoms with E-state index in [0.717, 1.165) is 11.1 Å². The lowest BCUT2D eigenvalue weighted by atomic mass is 10.1. The number of rotatable bonds is 3. The molecular weight excluding hydrogens is 308 g/mol. The molecule has 2 heterocycles. The maximum Gasteiger partial charge on any atom is 0.204 e. The third-order valence-corrected chi connectivity index (χ3v) is 5.32. The minimum absolute atomic E-state index is 0.305. The predicted molar refractivity (Wildman–Crippen MR) is 89.4 cm³/mol. The molecule has 0 N–H and O–H groups in total. The van der Waals surface area contributed by atoms with Crippen LogP contribution in [0.1, 0.15) is 11.3 Å². The van der Waals surface area contributed by atoms with Crippen molar-refractivity contribution < 1.29 is 8.42 Å². The van der Waals surface area contributed by atoms with Gasteiger partial charge in [0.05, 0.1) is 12.2 Å². The third kappa shape index (κ3) is 2.39. The molecule has 1 aliphatic heterocycles. The fourth-order valence-electron chi connectivity index (χ4n) is 2.78. The van der Waals surface area contributed by atoms with Crippen molar-refractivity contribution in [3.05, 3.63) is 77.3 Å². The van der Waals surface area contributed by atoms with E-state index >= 15 is 0 Å². The van der Waals surface area contributed by atoms with Crippen LogP contribution in [0.2, 0.25) is 0 Å². The van der Waals surface area contributed by atoms with E-state index in [4.69, 9.17) is 0 Å². The largest absolute Gasteiger partial charge is 0.259 e. The predicted octanol–water partition coefficient (Wildman–Crippen LogP) is 3.36. The molecule has 23 heavy (non-hydrogen) atoms. The van der Waals surface area contributed by atoms with Gasteiger partial charge in [-0.2, -0.15) is 5.10 Å². The number of fused-ring (bicyclic) bond motifs is 1. The van der Waals surface area contributed by atoms with E-state index in [9.17, 15) is 8.42 Å². The zero-order valence-electron chi connectivity index (χ0n) is 12.3. The van der Waals surface area contributed by atoms with E-state index in [1.54, 1.807) is 10.8 Å². The highest BCUT2D eigenvalue weighted by Crippen LogP contribution is 2.36. The summed E-state index contributed by atoms with van der Waals surface area (Å²) >= 11 is 0. The summed E-state index contributed by atoms with van der Waals surface area (Å²) in [6.45, 7) is 0.538. The molecule has 0 amide bonds. The van der Waals surface area contributed by atoms with Gasteiger partial charge in [-0.05, 0) is 11.6 Å². The van der Waals surface area contributed by atoms with Crippen molar-refractivity contribution >= 4 is 15.9 Å². The highest BCUT2D eigenvalue weighted by molar-refractivity contribution is 7.95. The number of hydrogen-bond donors (Lipinski definition) is 0. The van der Waals surface area contributed by atoms with E-state index in [2.05, 4.69) is 5.10 Å². The van der Waals surface area contributed by atoms with Crippen molar-refractivity contribution in [3.63, 3.8) is 0 Å². The molecule has 114 valence electrons. The monoisotopic (exact) mass is 322 g/mol. The van der Waals surface area contributed by atoms with Crippen LogP contribution in [0.25, 0.3) is 17.3 Å². The Bertz CT molecular complexity index is 988. The normalized spacial score (nSPS) is 14.8. The smallest absolute Gasteiger partial charge is 0.204 e. The Morgan fingerprint density at radius 1 is 0.913 bits per heavy atom.